The average molecular weight is 515 g/mol. The Morgan fingerprint density at radius 2 is 2.07 bits per heavy atom. The molecule has 1 aromatic heterocycles. The molecule has 1 aliphatic heterocycles. The Balaban J connectivity index is 0.00000300. The number of pyridine rings is 1. The number of likely N-dealkylation sites (tertiary alicyclic amines) is 1. The lowest BCUT2D eigenvalue weighted by molar-refractivity contribution is -0.129. The van der Waals surface area contributed by atoms with Gasteiger partial charge in [0.2, 0.25) is 11.8 Å². The molecule has 1 unspecified atom stereocenters. The van der Waals surface area contributed by atoms with E-state index >= 15 is 0 Å². The van der Waals surface area contributed by atoms with Crippen molar-refractivity contribution in [2.45, 2.75) is 71.1 Å². The molecule has 0 spiro atoms. The molecule has 0 bridgehead atoms. The number of aliphatic imine (C=N–C) groups is 1. The number of nitrogens with one attached hydrogen (secondary N) is 2. The minimum absolute atomic E-state index is 0. The number of carbonyl (C=O) groups excluding carboxylic acids is 1. The number of aromatic nitrogens is 1. The number of rotatable bonds is 7. The average Bonchev–Trinajstić information content (AvgIpc) is 3.39. The van der Waals surface area contributed by atoms with E-state index in [2.05, 4.69) is 27.5 Å². The van der Waals surface area contributed by atoms with Gasteiger partial charge < -0.3 is 20.3 Å². The van der Waals surface area contributed by atoms with Gasteiger partial charge in [0.1, 0.15) is 6.10 Å². The Labute approximate surface area is 191 Å². The highest BCUT2D eigenvalue weighted by Gasteiger charge is 2.25. The van der Waals surface area contributed by atoms with Gasteiger partial charge in [0.05, 0.1) is 6.54 Å². The van der Waals surface area contributed by atoms with Crippen molar-refractivity contribution in [3.05, 3.63) is 23.9 Å². The van der Waals surface area contributed by atoms with Crippen molar-refractivity contribution in [3.63, 3.8) is 0 Å². The van der Waals surface area contributed by atoms with Crippen molar-refractivity contribution in [1.82, 2.24) is 20.5 Å². The first-order chi connectivity index (χ1) is 13.7. The molecule has 1 atom stereocenters. The van der Waals surface area contributed by atoms with Crippen LogP contribution >= 0.6 is 24.0 Å². The second kappa shape index (κ2) is 12.2. The molecule has 1 amide bonds. The lowest BCUT2D eigenvalue weighted by Crippen LogP contribution is -2.45. The van der Waals surface area contributed by atoms with Crippen LogP contribution in [0.25, 0.3) is 0 Å². The molecular formula is C21H34IN5O2. The molecule has 3 rings (SSSR count). The molecule has 29 heavy (non-hydrogen) atoms. The summed E-state index contributed by atoms with van der Waals surface area (Å²) in [5.74, 6) is 1.71. The smallest absolute Gasteiger partial charge is 0.222 e. The standard InChI is InChI=1S/C21H33N5O2.HI/c1-3-20(27)26-12-11-17(15-26)25-21(22-4-2)24-14-16-9-10-19(23-13-16)28-18-7-5-6-8-18;/h9-10,13,17-18H,3-8,11-12,14-15H2,1-2H3,(H2,22,24,25);1H. The van der Waals surface area contributed by atoms with Gasteiger partial charge >= 0.3 is 0 Å². The Hall–Kier alpha value is -1.58. The molecule has 1 saturated heterocycles. The van der Waals surface area contributed by atoms with Crippen LogP contribution < -0.4 is 15.4 Å². The summed E-state index contributed by atoms with van der Waals surface area (Å²) in [5.41, 5.74) is 1.05. The maximum atomic E-state index is 11.9. The number of carbonyl (C=O) groups is 1. The molecule has 8 heteroatoms. The minimum atomic E-state index is 0. The molecule has 2 heterocycles. The number of halogens is 1. The third-order valence-corrected chi connectivity index (χ3v) is 5.34. The van der Waals surface area contributed by atoms with Crippen molar-refractivity contribution in [2.24, 2.45) is 4.99 Å². The maximum absolute atomic E-state index is 11.9. The molecule has 1 aliphatic carbocycles. The highest BCUT2D eigenvalue weighted by atomic mass is 127. The number of guanidine groups is 1. The second-order valence-electron chi connectivity index (χ2n) is 7.55. The molecule has 1 aromatic rings. The molecule has 0 aromatic carbocycles. The van der Waals surface area contributed by atoms with Gasteiger partial charge in [0.25, 0.3) is 0 Å². The van der Waals surface area contributed by atoms with Crippen LogP contribution in [0.4, 0.5) is 0 Å². The van der Waals surface area contributed by atoms with Crippen LogP contribution in [0, 0.1) is 0 Å². The van der Waals surface area contributed by atoms with Crippen LogP contribution in [0.2, 0.25) is 0 Å². The van der Waals surface area contributed by atoms with Gasteiger partial charge in [-0.05, 0) is 44.6 Å². The number of hydrogen-bond donors (Lipinski definition) is 2. The minimum Gasteiger partial charge on any atom is -0.474 e. The van der Waals surface area contributed by atoms with Crippen molar-refractivity contribution < 1.29 is 9.53 Å². The Morgan fingerprint density at radius 3 is 2.72 bits per heavy atom. The van der Waals surface area contributed by atoms with Gasteiger partial charge in [0, 0.05) is 44.4 Å². The summed E-state index contributed by atoms with van der Waals surface area (Å²) in [5, 5.41) is 6.74. The van der Waals surface area contributed by atoms with Crippen molar-refractivity contribution in [1.29, 1.82) is 0 Å². The zero-order chi connectivity index (χ0) is 19.8. The highest BCUT2D eigenvalue weighted by Crippen LogP contribution is 2.22. The third-order valence-electron chi connectivity index (χ3n) is 5.34. The van der Waals surface area contributed by atoms with E-state index in [0.717, 1.165) is 50.4 Å². The molecule has 2 aliphatic rings. The molecule has 7 nitrogen and oxygen atoms in total. The molecule has 0 radical (unpaired) electrons. The van der Waals surface area contributed by atoms with E-state index < -0.39 is 0 Å². The first-order valence-electron chi connectivity index (χ1n) is 10.6. The predicted octanol–water partition coefficient (Wildman–Crippen LogP) is 3.09. The summed E-state index contributed by atoms with van der Waals surface area (Å²) in [7, 11) is 0. The number of hydrogen-bond acceptors (Lipinski definition) is 4. The quantitative estimate of drug-likeness (QED) is 0.332. The van der Waals surface area contributed by atoms with E-state index in [1.165, 1.54) is 12.8 Å². The SMILES string of the molecule is CCNC(=NCc1ccc(OC2CCCC2)nc1)NC1CCN(C(=O)CC)C1.I. The summed E-state index contributed by atoms with van der Waals surface area (Å²) in [6.07, 6.45) is 8.45. The lowest BCUT2D eigenvalue weighted by atomic mass is 10.2. The summed E-state index contributed by atoms with van der Waals surface area (Å²) >= 11 is 0. The lowest BCUT2D eigenvalue weighted by Gasteiger charge is -2.18. The van der Waals surface area contributed by atoms with Gasteiger partial charge in [-0.15, -0.1) is 24.0 Å². The van der Waals surface area contributed by atoms with Crippen LogP contribution in [-0.2, 0) is 11.3 Å². The van der Waals surface area contributed by atoms with E-state index in [-0.39, 0.29) is 35.9 Å². The summed E-state index contributed by atoms with van der Waals surface area (Å²) in [6.45, 7) is 6.86. The first kappa shape index (κ1) is 23.7. The zero-order valence-electron chi connectivity index (χ0n) is 17.5. The van der Waals surface area contributed by atoms with Crippen LogP contribution in [0.15, 0.2) is 23.3 Å². The monoisotopic (exact) mass is 515 g/mol. The van der Waals surface area contributed by atoms with Crippen LogP contribution in [-0.4, -0.2) is 53.5 Å². The summed E-state index contributed by atoms with van der Waals surface area (Å²) in [6, 6.07) is 4.21. The number of ether oxygens (including phenoxy) is 1. The van der Waals surface area contributed by atoms with E-state index in [9.17, 15) is 4.79 Å². The fraction of sp³-hybridized carbons (Fsp3) is 0.667. The summed E-state index contributed by atoms with van der Waals surface area (Å²) in [4.78, 5) is 22.9. The molecule has 162 valence electrons. The highest BCUT2D eigenvalue weighted by molar-refractivity contribution is 14.0. The molecular weight excluding hydrogens is 481 g/mol. The fourth-order valence-corrected chi connectivity index (χ4v) is 3.76. The predicted molar refractivity (Wildman–Crippen MR) is 126 cm³/mol. The largest absolute Gasteiger partial charge is 0.474 e. The van der Waals surface area contributed by atoms with Crippen molar-refractivity contribution >= 4 is 35.8 Å². The third kappa shape index (κ3) is 7.31. The topological polar surface area (TPSA) is 78.9 Å². The number of nitrogens with zero attached hydrogens (tertiary/aromatic N) is 3. The second-order valence-corrected chi connectivity index (χ2v) is 7.55. The Morgan fingerprint density at radius 1 is 1.28 bits per heavy atom. The van der Waals surface area contributed by atoms with Crippen LogP contribution in [0.1, 0.15) is 57.9 Å². The van der Waals surface area contributed by atoms with Crippen LogP contribution in [0.3, 0.4) is 0 Å². The molecule has 2 N–H and O–H groups in total. The molecule has 1 saturated carbocycles. The van der Waals surface area contributed by atoms with Gasteiger partial charge in [0.15, 0.2) is 5.96 Å². The van der Waals surface area contributed by atoms with Gasteiger partial charge in [-0.25, -0.2) is 9.98 Å². The molecule has 2 fully saturated rings. The maximum Gasteiger partial charge on any atom is 0.222 e. The van der Waals surface area contributed by atoms with Crippen LogP contribution in [0.5, 0.6) is 5.88 Å². The van der Waals surface area contributed by atoms with Gasteiger partial charge in [-0.2, -0.15) is 0 Å². The van der Waals surface area contributed by atoms with Gasteiger partial charge in [-0.1, -0.05) is 13.0 Å². The van der Waals surface area contributed by atoms with E-state index in [4.69, 9.17) is 4.74 Å². The number of amides is 1. The first-order valence-corrected chi connectivity index (χ1v) is 10.6. The van der Waals surface area contributed by atoms with Crippen molar-refractivity contribution in [3.8, 4) is 5.88 Å². The summed E-state index contributed by atoms with van der Waals surface area (Å²) < 4.78 is 5.92. The normalized spacial score (nSPS) is 19.7. The van der Waals surface area contributed by atoms with Crippen molar-refractivity contribution in [2.75, 3.05) is 19.6 Å². The fourth-order valence-electron chi connectivity index (χ4n) is 3.76. The van der Waals surface area contributed by atoms with E-state index in [0.29, 0.717) is 24.9 Å². The van der Waals surface area contributed by atoms with Gasteiger partial charge in [-0.3, -0.25) is 4.79 Å². The van der Waals surface area contributed by atoms with E-state index in [1.54, 1.807) is 0 Å². The zero-order valence-corrected chi connectivity index (χ0v) is 19.9. The Kier molecular flexibility index (Phi) is 9.96. The Bertz CT molecular complexity index is 662. The van der Waals surface area contributed by atoms with E-state index in [1.807, 2.05) is 30.2 Å².